The van der Waals surface area contributed by atoms with Crippen LogP contribution in [0.1, 0.15) is 18.9 Å². The molecule has 0 radical (unpaired) electrons. The average Bonchev–Trinajstić information content (AvgIpc) is 2.35. The number of H-pyrrole nitrogens is 1. The molecule has 1 heterocycles. The fourth-order valence-corrected chi connectivity index (χ4v) is 0.641. The van der Waals surface area contributed by atoms with Gasteiger partial charge in [-0.3, -0.25) is 5.10 Å². The Morgan fingerprint density at radius 3 is 3.09 bits per heavy atom. The van der Waals surface area contributed by atoms with Crippen LogP contribution in [0, 0.1) is 0 Å². The summed E-state index contributed by atoms with van der Waals surface area (Å²) in [5, 5.41) is 6.13. The molecule has 1 atom stereocenters. The Hall–Kier alpha value is -1.59. The maximum absolute atomic E-state index is 10.2. The Bertz CT molecular complexity index is 233. The molecule has 0 saturated carbocycles. The average molecular weight is 156 g/mol. The molecule has 1 aromatic heterocycles. The van der Waals surface area contributed by atoms with Crippen LogP contribution in [-0.2, 0) is 4.74 Å². The van der Waals surface area contributed by atoms with Crippen LogP contribution in [0.25, 0.3) is 0 Å². The predicted octanol–water partition coefficient (Wildman–Crippen LogP) is -0.0390. The van der Waals surface area contributed by atoms with Gasteiger partial charge in [-0.2, -0.15) is 5.10 Å². The van der Waals surface area contributed by atoms with E-state index in [2.05, 4.69) is 19.9 Å². The van der Waals surface area contributed by atoms with Gasteiger partial charge >= 0.3 is 6.09 Å². The maximum Gasteiger partial charge on any atom is 0.405 e. The molecule has 0 spiro atoms. The summed E-state index contributed by atoms with van der Waals surface area (Å²) in [5.41, 5.74) is 4.78. The van der Waals surface area contributed by atoms with Gasteiger partial charge in [-0.05, 0) is 6.92 Å². The van der Waals surface area contributed by atoms with E-state index in [9.17, 15) is 4.79 Å². The Labute approximate surface area is 62.8 Å². The summed E-state index contributed by atoms with van der Waals surface area (Å²) in [5.74, 6) is 0.476. The van der Waals surface area contributed by atoms with E-state index in [1.165, 1.54) is 6.33 Å². The van der Waals surface area contributed by atoms with Gasteiger partial charge in [0.1, 0.15) is 6.33 Å². The number of ether oxygens (including phenoxy) is 1. The van der Waals surface area contributed by atoms with Gasteiger partial charge in [0, 0.05) is 0 Å². The lowest BCUT2D eigenvalue weighted by molar-refractivity contribution is 0.112. The van der Waals surface area contributed by atoms with Crippen molar-refractivity contribution in [1.29, 1.82) is 0 Å². The first-order chi connectivity index (χ1) is 5.20. The van der Waals surface area contributed by atoms with Crippen LogP contribution in [0.3, 0.4) is 0 Å². The molecule has 3 N–H and O–H groups in total. The van der Waals surface area contributed by atoms with E-state index >= 15 is 0 Å². The summed E-state index contributed by atoms with van der Waals surface area (Å²) in [6.45, 7) is 1.64. The second-order valence-electron chi connectivity index (χ2n) is 1.95. The molecule has 6 nitrogen and oxygen atoms in total. The highest BCUT2D eigenvalue weighted by atomic mass is 16.6. The van der Waals surface area contributed by atoms with Crippen molar-refractivity contribution in [2.75, 3.05) is 0 Å². The van der Waals surface area contributed by atoms with Crippen molar-refractivity contribution in [2.24, 2.45) is 5.73 Å². The molecule has 60 valence electrons. The quantitative estimate of drug-likeness (QED) is 0.628. The molecule has 0 aliphatic rings. The smallest absolute Gasteiger partial charge is 0.405 e. The Balaban J connectivity index is 2.56. The van der Waals surface area contributed by atoms with Crippen molar-refractivity contribution in [3.8, 4) is 0 Å². The van der Waals surface area contributed by atoms with Gasteiger partial charge in [0.2, 0.25) is 0 Å². The number of hydrogen-bond acceptors (Lipinski definition) is 4. The first-order valence-electron chi connectivity index (χ1n) is 3.01. The Morgan fingerprint density at radius 1 is 1.91 bits per heavy atom. The molecule has 0 saturated heterocycles. The highest BCUT2D eigenvalue weighted by Gasteiger charge is 2.10. The van der Waals surface area contributed by atoms with Gasteiger partial charge in [0.25, 0.3) is 0 Å². The second kappa shape index (κ2) is 3.00. The predicted molar refractivity (Wildman–Crippen MR) is 35.5 cm³/mol. The number of primary amides is 1. The van der Waals surface area contributed by atoms with Crippen LogP contribution in [0.4, 0.5) is 4.79 Å². The van der Waals surface area contributed by atoms with Crippen molar-refractivity contribution in [2.45, 2.75) is 13.0 Å². The van der Waals surface area contributed by atoms with Crippen LogP contribution in [0.15, 0.2) is 6.33 Å². The Morgan fingerprint density at radius 2 is 2.64 bits per heavy atom. The van der Waals surface area contributed by atoms with E-state index in [4.69, 9.17) is 5.73 Å². The lowest BCUT2D eigenvalue weighted by Gasteiger charge is -2.06. The van der Waals surface area contributed by atoms with Gasteiger partial charge in [0.15, 0.2) is 11.9 Å². The van der Waals surface area contributed by atoms with Crippen LogP contribution in [0.5, 0.6) is 0 Å². The molecular formula is C5H8N4O2. The van der Waals surface area contributed by atoms with Crippen LogP contribution in [-0.4, -0.2) is 21.3 Å². The van der Waals surface area contributed by atoms with E-state index in [0.717, 1.165) is 0 Å². The Kier molecular flexibility index (Phi) is 2.05. The number of hydrogen-bond donors (Lipinski definition) is 2. The highest BCUT2D eigenvalue weighted by molar-refractivity contribution is 5.64. The van der Waals surface area contributed by atoms with Crippen molar-refractivity contribution >= 4 is 6.09 Å². The molecule has 1 aromatic rings. The van der Waals surface area contributed by atoms with E-state index in [1.54, 1.807) is 6.92 Å². The lowest BCUT2D eigenvalue weighted by atomic mass is 10.4. The summed E-state index contributed by atoms with van der Waals surface area (Å²) in [6, 6.07) is 0. The topological polar surface area (TPSA) is 93.9 Å². The maximum atomic E-state index is 10.2. The number of aromatic amines is 1. The van der Waals surface area contributed by atoms with Gasteiger partial charge in [-0.1, -0.05) is 0 Å². The van der Waals surface area contributed by atoms with Crippen LogP contribution >= 0.6 is 0 Å². The minimum Gasteiger partial charge on any atom is -0.438 e. The van der Waals surface area contributed by atoms with Crippen molar-refractivity contribution in [1.82, 2.24) is 15.2 Å². The summed E-state index contributed by atoms with van der Waals surface area (Å²) in [7, 11) is 0. The summed E-state index contributed by atoms with van der Waals surface area (Å²) >= 11 is 0. The monoisotopic (exact) mass is 156 g/mol. The molecule has 0 fully saturated rings. The number of carbonyl (C=O) groups excluding carboxylic acids is 1. The summed E-state index contributed by atoms with van der Waals surface area (Å²) in [4.78, 5) is 14.0. The van der Waals surface area contributed by atoms with Crippen molar-refractivity contribution < 1.29 is 9.53 Å². The molecule has 6 heteroatoms. The number of amides is 1. The standard InChI is InChI=1S/C5H8N4O2/c1-3(11-5(6)10)4-7-2-8-9-4/h2-3H,1H3,(H2,6,10)(H,7,8,9). The largest absolute Gasteiger partial charge is 0.438 e. The third-order valence-electron chi connectivity index (χ3n) is 1.11. The molecule has 0 aliphatic heterocycles. The summed E-state index contributed by atoms with van der Waals surface area (Å²) < 4.78 is 4.60. The first-order valence-corrected chi connectivity index (χ1v) is 3.01. The molecule has 1 rings (SSSR count). The third kappa shape index (κ3) is 1.92. The zero-order chi connectivity index (χ0) is 8.27. The molecule has 0 bridgehead atoms. The minimum atomic E-state index is -0.825. The zero-order valence-corrected chi connectivity index (χ0v) is 5.94. The second-order valence-corrected chi connectivity index (χ2v) is 1.95. The number of aromatic nitrogens is 3. The van der Waals surface area contributed by atoms with Crippen LogP contribution in [0.2, 0.25) is 0 Å². The number of nitrogens with one attached hydrogen (secondary N) is 1. The normalized spacial score (nSPS) is 12.5. The lowest BCUT2D eigenvalue weighted by Crippen LogP contribution is -2.16. The van der Waals surface area contributed by atoms with Crippen molar-refractivity contribution in [3.05, 3.63) is 12.2 Å². The highest BCUT2D eigenvalue weighted by Crippen LogP contribution is 2.08. The van der Waals surface area contributed by atoms with E-state index in [1.807, 2.05) is 0 Å². The fraction of sp³-hybridized carbons (Fsp3) is 0.400. The van der Waals surface area contributed by atoms with E-state index < -0.39 is 12.2 Å². The van der Waals surface area contributed by atoms with E-state index in [-0.39, 0.29) is 0 Å². The number of carbonyl (C=O) groups is 1. The molecule has 11 heavy (non-hydrogen) atoms. The molecule has 1 unspecified atom stereocenters. The van der Waals surface area contributed by atoms with Crippen LogP contribution < -0.4 is 5.73 Å². The third-order valence-corrected chi connectivity index (χ3v) is 1.11. The van der Waals surface area contributed by atoms with Gasteiger partial charge < -0.3 is 10.5 Å². The van der Waals surface area contributed by atoms with Gasteiger partial charge in [-0.15, -0.1) is 0 Å². The molecular weight excluding hydrogens is 148 g/mol. The first kappa shape index (κ1) is 7.52. The number of nitrogens with two attached hydrogens (primary N) is 1. The summed E-state index contributed by atoms with van der Waals surface area (Å²) in [6.07, 6.45) is 0.0276. The SMILES string of the molecule is CC(OC(N)=O)c1ncn[nH]1. The molecule has 0 aliphatic carbocycles. The van der Waals surface area contributed by atoms with E-state index in [0.29, 0.717) is 5.82 Å². The van der Waals surface area contributed by atoms with Crippen molar-refractivity contribution in [3.63, 3.8) is 0 Å². The molecule has 1 amide bonds. The minimum absolute atomic E-state index is 0.476. The number of nitrogens with zero attached hydrogens (tertiary/aromatic N) is 2. The number of rotatable bonds is 2. The van der Waals surface area contributed by atoms with Gasteiger partial charge in [-0.25, -0.2) is 9.78 Å². The molecule has 0 aromatic carbocycles. The zero-order valence-electron chi connectivity index (χ0n) is 5.94. The van der Waals surface area contributed by atoms with Gasteiger partial charge in [0.05, 0.1) is 0 Å². The fourth-order valence-electron chi connectivity index (χ4n) is 0.641.